The Bertz CT molecular complexity index is 1540. The van der Waals surface area contributed by atoms with Crippen LogP contribution in [0.2, 0.25) is 5.02 Å². The van der Waals surface area contributed by atoms with Crippen LogP contribution in [0.1, 0.15) is 15.9 Å². The van der Waals surface area contributed by atoms with Gasteiger partial charge in [0, 0.05) is 5.56 Å². The number of aromatic carboxylic acids is 1. The standard InChI is InChI=1S/C26H19ClN2O4/c1-14-3-7-19(11-20(14)25(30)31)33-26-28-23-12-21(22(27)13-24(23)29-26)17-5-4-16-10-18(32-2)8-6-15(16)9-17/h3-13H,1-2H3,(H,28,29)(H,30,31). The van der Waals surface area contributed by atoms with Crippen LogP contribution in [0.5, 0.6) is 17.5 Å². The Morgan fingerprint density at radius 3 is 2.52 bits per heavy atom. The monoisotopic (exact) mass is 458 g/mol. The number of hydrogen-bond donors (Lipinski definition) is 2. The molecule has 0 aliphatic rings. The highest BCUT2D eigenvalue weighted by molar-refractivity contribution is 6.34. The maximum Gasteiger partial charge on any atom is 0.336 e. The molecule has 1 aromatic heterocycles. The van der Waals surface area contributed by atoms with Gasteiger partial charge in [-0.1, -0.05) is 35.9 Å². The summed E-state index contributed by atoms with van der Waals surface area (Å²) in [5.74, 6) is 0.184. The maximum absolute atomic E-state index is 11.4. The number of fused-ring (bicyclic) bond motifs is 2. The van der Waals surface area contributed by atoms with Crippen LogP contribution in [0.25, 0.3) is 32.9 Å². The zero-order chi connectivity index (χ0) is 23.1. The third-order valence-electron chi connectivity index (χ3n) is 5.56. The van der Waals surface area contributed by atoms with Crippen LogP contribution in [0.4, 0.5) is 0 Å². The van der Waals surface area contributed by atoms with Crippen molar-refractivity contribution in [2.45, 2.75) is 6.92 Å². The molecule has 2 N–H and O–H groups in total. The van der Waals surface area contributed by atoms with E-state index in [1.165, 1.54) is 6.07 Å². The summed E-state index contributed by atoms with van der Waals surface area (Å²) >= 11 is 6.61. The van der Waals surface area contributed by atoms with E-state index in [1.807, 2.05) is 42.5 Å². The lowest BCUT2D eigenvalue weighted by Gasteiger charge is -2.08. The van der Waals surface area contributed by atoms with E-state index >= 15 is 0 Å². The van der Waals surface area contributed by atoms with Gasteiger partial charge in [-0.25, -0.2) is 4.79 Å². The number of rotatable bonds is 5. The van der Waals surface area contributed by atoms with E-state index in [4.69, 9.17) is 21.1 Å². The minimum Gasteiger partial charge on any atom is -0.497 e. The van der Waals surface area contributed by atoms with Gasteiger partial charge in [0.15, 0.2) is 0 Å². The Hall–Kier alpha value is -4.03. The molecule has 0 unspecified atom stereocenters. The Balaban J connectivity index is 1.50. The highest BCUT2D eigenvalue weighted by Crippen LogP contribution is 2.35. The number of imidazole rings is 1. The minimum absolute atomic E-state index is 0.183. The molecule has 0 atom stereocenters. The molecule has 0 radical (unpaired) electrons. The Morgan fingerprint density at radius 1 is 0.970 bits per heavy atom. The highest BCUT2D eigenvalue weighted by Gasteiger charge is 2.13. The molecule has 0 amide bonds. The molecule has 5 rings (SSSR count). The number of aromatic amines is 1. The lowest BCUT2D eigenvalue weighted by atomic mass is 10.0. The normalized spacial score (nSPS) is 11.1. The number of carboxylic acids is 1. The third kappa shape index (κ3) is 3.97. The number of aryl methyl sites for hydroxylation is 1. The van der Waals surface area contributed by atoms with Crippen molar-refractivity contribution in [3.05, 3.63) is 82.9 Å². The summed E-state index contributed by atoms with van der Waals surface area (Å²) in [4.78, 5) is 19.0. The summed E-state index contributed by atoms with van der Waals surface area (Å²) in [6.45, 7) is 1.74. The molecule has 33 heavy (non-hydrogen) atoms. The quantitative estimate of drug-likeness (QED) is 0.301. The number of hydrogen-bond acceptors (Lipinski definition) is 4. The average molecular weight is 459 g/mol. The van der Waals surface area contributed by atoms with E-state index in [-0.39, 0.29) is 11.6 Å². The van der Waals surface area contributed by atoms with Crippen molar-refractivity contribution >= 4 is 39.4 Å². The molecule has 5 aromatic rings. The first kappa shape index (κ1) is 20.8. The van der Waals surface area contributed by atoms with E-state index in [9.17, 15) is 9.90 Å². The zero-order valence-corrected chi connectivity index (χ0v) is 18.6. The van der Waals surface area contributed by atoms with E-state index in [0.29, 0.717) is 21.9 Å². The second-order valence-electron chi connectivity index (χ2n) is 7.70. The molecule has 6 nitrogen and oxygen atoms in total. The van der Waals surface area contributed by atoms with Crippen molar-refractivity contribution in [1.29, 1.82) is 0 Å². The lowest BCUT2D eigenvalue weighted by Crippen LogP contribution is -2.00. The van der Waals surface area contributed by atoms with Gasteiger partial charge in [-0.05, 0) is 71.3 Å². The van der Waals surface area contributed by atoms with Crippen LogP contribution in [0, 0.1) is 6.92 Å². The highest BCUT2D eigenvalue weighted by atomic mass is 35.5. The number of nitrogens with one attached hydrogen (secondary N) is 1. The van der Waals surface area contributed by atoms with Gasteiger partial charge in [0.05, 0.1) is 28.7 Å². The minimum atomic E-state index is -1.01. The van der Waals surface area contributed by atoms with Crippen LogP contribution < -0.4 is 9.47 Å². The molecule has 164 valence electrons. The second-order valence-corrected chi connectivity index (χ2v) is 8.11. The Morgan fingerprint density at radius 2 is 1.73 bits per heavy atom. The molecule has 0 fully saturated rings. The topological polar surface area (TPSA) is 84.4 Å². The number of methoxy groups -OCH3 is 1. The van der Waals surface area contributed by atoms with E-state index in [2.05, 4.69) is 16.0 Å². The van der Waals surface area contributed by atoms with Gasteiger partial charge in [-0.15, -0.1) is 0 Å². The number of benzene rings is 4. The molecule has 7 heteroatoms. The molecule has 0 aliphatic heterocycles. The predicted octanol–water partition coefficient (Wildman–Crippen LogP) is 6.84. The first-order valence-electron chi connectivity index (χ1n) is 10.2. The summed E-state index contributed by atoms with van der Waals surface area (Å²) in [5.41, 5.74) is 4.06. The molecule has 0 saturated carbocycles. The molecule has 0 saturated heterocycles. The molecule has 4 aromatic carbocycles. The molecule has 0 aliphatic carbocycles. The number of nitrogens with zero attached hydrogens (tertiary/aromatic N) is 1. The van der Waals surface area contributed by atoms with Crippen LogP contribution in [0.15, 0.2) is 66.7 Å². The Kier molecular flexibility index (Phi) is 5.15. The molecule has 0 bridgehead atoms. The number of halogens is 1. The van der Waals surface area contributed by atoms with Crippen molar-refractivity contribution in [3.8, 4) is 28.6 Å². The largest absolute Gasteiger partial charge is 0.497 e. The maximum atomic E-state index is 11.4. The summed E-state index contributed by atoms with van der Waals surface area (Å²) in [7, 11) is 1.65. The summed E-state index contributed by atoms with van der Waals surface area (Å²) in [5, 5.41) is 12.1. The van der Waals surface area contributed by atoms with Crippen molar-refractivity contribution in [2.24, 2.45) is 0 Å². The van der Waals surface area contributed by atoms with Crippen LogP contribution in [-0.4, -0.2) is 28.2 Å². The van der Waals surface area contributed by atoms with E-state index in [0.717, 1.165) is 33.2 Å². The number of carbonyl (C=O) groups is 1. The molecular formula is C26H19ClN2O4. The van der Waals surface area contributed by atoms with Crippen LogP contribution in [-0.2, 0) is 0 Å². The summed E-state index contributed by atoms with van der Waals surface area (Å²) in [6, 6.07) is 20.9. The molecule has 1 heterocycles. The van der Waals surface area contributed by atoms with E-state index < -0.39 is 5.97 Å². The van der Waals surface area contributed by atoms with Crippen molar-refractivity contribution in [1.82, 2.24) is 9.97 Å². The SMILES string of the molecule is COc1ccc2cc(-c3cc4nc(Oc5ccc(C)c(C(=O)O)c5)[nH]c4cc3Cl)ccc2c1. The van der Waals surface area contributed by atoms with Gasteiger partial charge in [-0.2, -0.15) is 4.98 Å². The number of ether oxygens (including phenoxy) is 2. The molecular weight excluding hydrogens is 440 g/mol. The number of H-pyrrole nitrogens is 1. The first-order valence-corrected chi connectivity index (χ1v) is 10.6. The molecule has 0 spiro atoms. The fourth-order valence-electron chi connectivity index (χ4n) is 3.80. The van der Waals surface area contributed by atoms with Gasteiger partial charge < -0.3 is 19.6 Å². The smallest absolute Gasteiger partial charge is 0.336 e. The summed E-state index contributed by atoms with van der Waals surface area (Å²) < 4.78 is 11.1. The number of carboxylic acid groups (broad SMARTS) is 1. The van der Waals surface area contributed by atoms with Crippen molar-refractivity contribution in [2.75, 3.05) is 7.11 Å². The van der Waals surface area contributed by atoms with Crippen LogP contribution in [0.3, 0.4) is 0 Å². The summed E-state index contributed by atoms with van der Waals surface area (Å²) in [6.07, 6.45) is 0. The average Bonchev–Trinajstić information content (AvgIpc) is 3.19. The van der Waals surface area contributed by atoms with Gasteiger partial charge >= 0.3 is 5.97 Å². The third-order valence-corrected chi connectivity index (χ3v) is 5.87. The lowest BCUT2D eigenvalue weighted by molar-refractivity contribution is 0.0695. The predicted molar refractivity (Wildman–Crippen MR) is 129 cm³/mol. The zero-order valence-electron chi connectivity index (χ0n) is 17.8. The van der Waals surface area contributed by atoms with E-state index in [1.54, 1.807) is 26.2 Å². The fraction of sp³-hybridized carbons (Fsp3) is 0.0769. The fourth-order valence-corrected chi connectivity index (χ4v) is 4.07. The van der Waals surface area contributed by atoms with Gasteiger partial charge in [-0.3, -0.25) is 0 Å². The Labute approximate surface area is 194 Å². The van der Waals surface area contributed by atoms with Gasteiger partial charge in [0.2, 0.25) is 0 Å². The van der Waals surface area contributed by atoms with Crippen LogP contribution >= 0.6 is 11.6 Å². The van der Waals surface area contributed by atoms with Crippen molar-refractivity contribution in [3.63, 3.8) is 0 Å². The van der Waals surface area contributed by atoms with Crippen molar-refractivity contribution < 1.29 is 19.4 Å². The first-order chi connectivity index (χ1) is 15.9. The number of aromatic nitrogens is 2. The second kappa shape index (κ2) is 8.15. The van der Waals surface area contributed by atoms with Gasteiger partial charge in [0.25, 0.3) is 6.01 Å². The van der Waals surface area contributed by atoms with Gasteiger partial charge in [0.1, 0.15) is 11.5 Å².